The number of ether oxygens (including phenoxy) is 12. The van der Waals surface area contributed by atoms with E-state index >= 15 is 0 Å². The molecule has 4 aromatic carbocycles. The van der Waals surface area contributed by atoms with Crippen LogP contribution in [0.5, 0.6) is 46.0 Å². The maximum atomic E-state index is 13.4. The Morgan fingerprint density at radius 2 is 0.902 bits per heavy atom. The second kappa shape index (κ2) is 30.6. The molecule has 4 aromatic rings. The average molecular weight is 1190 g/mol. The van der Waals surface area contributed by atoms with Crippen molar-refractivity contribution in [2.24, 2.45) is 0 Å². The molecule has 82 heavy (non-hydrogen) atoms. The molecule has 21 nitrogen and oxygen atoms in total. The zero-order valence-corrected chi connectivity index (χ0v) is 51.6. The normalized spacial score (nSPS) is 16.0. The van der Waals surface area contributed by atoms with Crippen molar-refractivity contribution in [3.63, 3.8) is 0 Å². The van der Waals surface area contributed by atoms with Gasteiger partial charge in [-0.25, -0.2) is 14.4 Å². The highest BCUT2D eigenvalue weighted by atomic mass is 35.5. The number of nitrogens with one attached hydrogen (secondary N) is 1. The number of carbonyl (C=O) groups is 4. The third kappa shape index (κ3) is 19.3. The van der Waals surface area contributed by atoms with E-state index in [9.17, 15) is 19.2 Å². The number of carboxylic acids is 1. The topological polar surface area (TPSA) is 244 Å². The number of nitrogens with two attached hydrogens (primary N) is 1. The summed E-state index contributed by atoms with van der Waals surface area (Å²) in [5, 5.41) is 12.1. The highest BCUT2D eigenvalue weighted by molar-refractivity contribution is 6.40. The van der Waals surface area contributed by atoms with E-state index in [0.717, 1.165) is 27.2 Å². The zero-order valence-electron chi connectivity index (χ0n) is 50.1. The first-order valence-electron chi connectivity index (χ1n) is 25.5. The maximum Gasteiger partial charge on any atom is 0.413 e. The van der Waals surface area contributed by atoms with E-state index in [1.54, 1.807) is 131 Å². The van der Waals surface area contributed by atoms with Crippen molar-refractivity contribution in [1.82, 2.24) is 9.80 Å². The first-order chi connectivity index (χ1) is 38.4. The number of amides is 3. The van der Waals surface area contributed by atoms with Crippen LogP contribution >= 0.6 is 23.2 Å². The Labute approximate surface area is 491 Å². The van der Waals surface area contributed by atoms with E-state index in [2.05, 4.69) is 5.32 Å². The van der Waals surface area contributed by atoms with Gasteiger partial charge < -0.3 is 73.0 Å². The predicted molar refractivity (Wildman–Crippen MR) is 317 cm³/mol. The second-order valence-electron chi connectivity index (χ2n) is 20.7. The van der Waals surface area contributed by atoms with Gasteiger partial charge in [0.05, 0.1) is 86.8 Å². The molecule has 0 spiro atoms. The van der Waals surface area contributed by atoms with Crippen molar-refractivity contribution in [3.8, 4) is 46.0 Å². The molecule has 2 aliphatic rings. The summed E-state index contributed by atoms with van der Waals surface area (Å²) in [6.45, 7) is 17.2. The number of nitrogens with zero attached hydrogens (tertiary/aromatic N) is 2. The molecule has 4 N–H and O–H groups in total. The molecule has 0 saturated carbocycles. The lowest BCUT2D eigenvalue weighted by molar-refractivity contribution is -0.143. The lowest BCUT2D eigenvalue weighted by Gasteiger charge is -2.34. The number of rotatable bonds is 15. The fourth-order valence-corrected chi connectivity index (χ4v) is 8.08. The van der Waals surface area contributed by atoms with Crippen molar-refractivity contribution in [3.05, 3.63) is 82.9 Å². The summed E-state index contributed by atoms with van der Waals surface area (Å²) in [7, 11) is 12.5. The van der Waals surface area contributed by atoms with E-state index in [1.807, 2.05) is 72.8 Å². The number of anilines is 2. The molecular weight excluding hydrogens is 1110 g/mol. The van der Waals surface area contributed by atoms with Crippen molar-refractivity contribution in [2.45, 2.75) is 104 Å². The molecule has 2 heterocycles. The van der Waals surface area contributed by atoms with Gasteiger partial charge in [-0.3, -0.25) is 14.6 Å². The molecule has 452 valence electrons. The number of methoxy groups -OCH3 is 8. The number of carbonyl (C=O) groups excluding carboxylic acids is 3. The fraction of sp³-hybridized carbons (Fsp3) is 0.458. The summed E-state index contributed by atoms with van der Waals surface area (Å²) in [6.07, 6.45) is 6.37. The highest BCUT2D eigenvalue weighted by Crippen LogP contribution is 2.41. The van der Waals surface area contributed by atoms with Gasteiger partial charge in [0.1, 0.15) is 40.2 Å². The fourth-order valence-electron chi connectivity index (χ4n) is 8.08. The molecule has 2 atom stereocenters. The number of halogens is 2. The first kappa shape index (κ1) is 68.8. The number of nitrogen functional groups attached to an aromatic ring is 1. The molecule has 0 aromatic heterocycles. The number of hydrogen-bond donors (Lipinski definition) is 3. The molecule has 2 fully saturated rings. The largest absolute Gasteiger partial charge is 0.495 e. The predicted octanol–water partition coefficient (Wildman–Crippen LogP) is 11.5. The number of alkyl halides is 2. The van der Waals surface area contributed by atoms with Gasteiger partial charge in [-0.05, 0) is 140 Å². The number of benzene rings is 4. The van der Waals surface area contributed by atoms with Crippen molar-refractivity contribution < 1.29 is 81.1 Å². The van der Waals surface area contributed by atoms with Gasteiger partial charge in [0.25, 0.3) is 0 Å². The van der Waals surface area contributed by atoms with Gasteiger partial charge in [-0.15, -0.1) is 23.2 Å². The van der Waals surface area contributed by atoms with E-state index in [1.165, 1.54) is 12.0 Å². The van der Waals surface area contributed by atoms with Crippen LogP contribution in [0.15, 0.2) is 60.7 Å². The molecule has 2 saturated heterocycles. The van der Waals surface area contributed by atoms with Crippen LogP contribution in [-0.4, -0.2) is 149 Å². The van der Waals surface area contributed by atoms with Gasteiger partial charge >= 0.3 is 18.2 Å². The highest BCUT2D eigenvalue weighted by Gasteiger charge is 2.50. The monoisotopic (exact) mass is 1190 g/mol. The molecule has 3 amide bonds. The Morgan fingerprint density at radius 3 is 1.24 bits per heavy atom. The third-order valence-electron chi connectivity index (χ3n) is 11.8. The Kier molecular flexibility index (Phi) is 25.6. The molecule has 0 radical (unpaired) electrons. The van der Waals surface area contributed by atoms with Gasteiger partial charge in [0, 0.05) is 0 Å². The van der Waals surface area contributed by atoms with Gasteiger partial charge in [0.2, 0.25) is 17.4 Å². The smallest absolute Gasteiger partial charge is 0.413 e. The average Bonchev–Trinajstić information content (AvgIpc) is 4.11. The van der Waals surface area contributed by atoms with Gasteiger partial charge in [-0.1, -0.05) is 36.4 Å². The van der Waals surface area contributed by atoms with Gasteiger partial charge in [0.15, 0.2) is 29.0 Å². The van der Waals surface area contributed by atoms with Crippen LogP contribution in [0.1, 0.15) is 91.5 Å². The SMILES string of the molecule is CC(C)(C)OC(=O)N1[C@H](C(=O)O)COC1(C)C.COc1ccc(/C=C\c2cc(OC)c(OC)c(OC)c2)cc1N.COc1ccc(/C=C\c2cc(OC)c(OC)c(OC)c2)cc1NC(=O)[C@@H]1COC(C)(C)N1C(=O)OC(C)(C)C.ClCCl. The van der Waals surface area contributed by atoms with Crippen LogP contribution in [0.25, 0.3) is 24.3 Å². The quantitative estimate of drug-likeness (QED) is 0.0569. The summed E-state index contributed by atoms with van der Waals surface area (Å²) in [5.41, 5.74) is 7.10. The minimum atomic E-state index is -1.10. The number of aliphatic carboxylic acids is 1. The molecule has 2 aliphatic heterocycles. The minimum Gasteiger partial charge on any atom is -0.495 e. The molecule has 6 rings (SSSR count). The van der Waals surface area contributed by atoms with Crippen molar-refractivity contribution >= 4 is 82.9 Å². The Morgan fingerprint density at radius 1 is 0.561 bits per heavy atom. The lowest BCUT2D eigenvalue weighted by atomic mass is 10.1. The van der Waals surface area contributed by atoms with Gasteiger partial charge in [-0.2, -0.15) is 0 Å². The zero-order chi connectivity index (χ0) is 61.9. The summed E-state index contributed by atoms with van der Waals surface area (Å²) in [6, 6.07) is 16.6. The number of carboxylic acid groups (broad SMARTS) is 1. The van der Waals surface area contributed by atoms with Crippen LogP contribution in [0.2, 0.25) is 0 Å². The molecule has 0 bridgehead atoms. The standard InChI is InChI=1S/C29H38N2O8.C18H21NO4.C11H19NO5.CH2Cl2/c1-28(2,3)39-27(33)31-21(17-38-29(31,4)5)26(32)30-20-14-18(12-13-22(20)34-6)10-11-19-15-23(35-7)25(37-9)24(16-19)36-8;1-20-15-8-7-12(9-14(15)19)5-6-13-10-16(21-2)18(23-4)17(11-13)22-3;1-10(2,3)17-9(15)12-7(8(13)14)6-16-11(12,4)5;2-1-3/h10-16,21H,17H2,1-9H3,(H,30,32);5-11H,19H2,1-4H3;7H,6H2,1-5H3,(H,13,14);1H2/b11-10-;6-5-;;/t21-;;7-;/m0.0./s1. The van der Waals surface area contributed by atoms with Crippen LogP contribution in [0.3, 0.4) is 0 Å². The summed E-state index contributed by atoms with van der Waals surface area (Å²) < 4.78 is 64.7. The van der Waals surface area contributed by atoms with E-state index in [-0.39, 0.29) is 18.6 Å². The van der Waals surface area contributed by atoms with E-state index < -0.39 is 58.8 Å². The Hall–Kier alpha value is -7.46. The van der Waals surface area contributed by atoms with Crippen molar-refractivity contribution in [1.29, 1.82) is 0 Å². The molecule has 23 heteroatoms. The summed E-state index contributed by atoms with van der Waals surface area (Å²) in [5.74, 6) is 2.99. The Bertz CT molecular complexity index is 2810. The van der Waals surface area contributed by atoms with Crippen LogP contribution in [-0.2, 0) is 28.5 Å². The lowest BCUT2D eigenvalue weighted by Crippen LogP contribution is -2.53. The van der Waals surface area contributed by atoms with E-state index in [4.69, 9.17) is 90.9 Å². The van der Waals surface area contributed by atoms with Crippen LogP contribution in [0.4, 0.5) is 21.0 Å². The summed E-state index contributed by atoms with van der Waals surface area (Å²) >= 11 is 9.53. The number of hydrogen-bond acceptors (Lipinski definition) is 17. The van der Waals surface area contributed by atoms with Crippen molar-refractivity contribution in [2.75, 3.05) is 86.5 Å². The van der Waals surface area contributed by atoms with Crippen LogP contribution in [0, 0.1) is 0 Å². The Balaban J connectivity index is 0.000000346. The minimum absolute atomic E-state index is 0.0262. The third-order valence-corrected chi connectivity index (χ3v) is 11.8. The molecular formula is C59H80Cl2N4O17. The summed E-state index contributed by atoms with van der Waals surface area (Å²) in [4.78, 5) is 51.8. The molecule has 0 aliphatic carbocycles. The maximum absolute atomic E-state index is 13.4. The second-order valence-corrected chi connectivity index (χ2v) is 21.5. The van der Waals surface area contributed by atoms with Crippen LogP contribution < -0.4 is 48.9 Å². The van der Waals surface area contributed by atoms with E-state index in [0.29, 0.717) is 57.4 Å². The molecule has 0 unspecified atom stereocenters. The first-order valence-corrected chi connectivity index (χ1v) is 26.5.